The monoisotopic (exact) mass is 593 g/mol. The van der Waals surface area contributed by atoms with E-state index in [-0.39, 0.29) is 23.1 Å². The number of hydrogen-bond acceptors (Lipinski definition) is 5. The normalized spacial score (nSPS) is 11.0. The topological polar surface area (TPSA) is 102 Å². The number of amides is 1. The molecule has 216 valence electrons. The molecule has 4 aromatic carbocycles. The Morgan fingerprint density at radius 2 is 1.70 bits per heavy atom. The number of hydrazone groups is 1. The number of nitrogens with one attached hydrogen (secondary N) is 1. The summed E-state index contributed by atoms with van der Waals surface area (Å²) in [6.45, 7) is 2.14. The van der Waals surface area contributed by atoms with Gasteiger partial charge in [-0.15, -0.1) is 0 Å². The summed E-state index contributed by atoms with van der Waals surface area (Å²) in [5.41, 5.74) is 8.61. The van der Waals surface area contributed by atoms with Crippen LogP contribution in [0.15, 0.2) is 108 Å². The largest absolute Gasteiger partial charge is 0.493 e. The molecule has 9 heteroatoms. The molecule has 0 radical (unpaired) electrons. The van der Waals surface area contributed by atoms with Crippen molar-refractivity contribution in [1.82, 2.24) is 9.99 Å². The van der Waals surface area contributed by atoms with Gasteiger partial charge >= 0.3 is 5.97 Å². The number of halogens is 1. The predicted molar refractivity (Wildman–Crippen MR) is 167 cm³/mol. The van der Waals surface area contributed by atoms with Gasteiger partial charge in [-0.3, -0.25) is 4.79 Å². The van der Waals surface area contributed by atoms with Crippen LogP contribution in [0.2, 0.25) is 5.02 Å². The van der Waals surface area contributed by atoms with Gasteiger partial charge in [-0.2, -0.15) is 5.10 Å². The number of carboxylic acid groups (broad SMARTS) is 1. The van der Waals surface area contributed by atoms with E-state index in [9.17, 15) is 14.7 Å². The van der Waals surface area contributed by atoms with E-state index in [2.05, 4.69) is 39.4 Å². The van der Waals surface area contributed by atoms with Crippen LogP contribution in [0.1, 0.15) is 37.5 Å². The average molecular weight is 594 g/mol. The first-order valence-electron chi connectivity index (χ1n) is 13.3. The molecule has 43 heavy (non-hydrogen) atoms. The van der Waals surface area contributed by atoms with Crippen LogP contribution in [0, 0.1) is 6.92 Å². The summed E-state index contributed by atoms with van der Waals surface area (Å²) in [4.78, 5) is 24.0. The summed E-state index contributed by atoms with van der Waals surface area (Å²) in [6.07, 6.45) is 1.45. The van der Waals surface area contributed by atoms with E-state index in [0.717, 1.165) is 22.6 Å². The third-order valence-electron chi connectivity index (χ3n) is 6.72. The van der Waals surface area contributed by atoms with Gasteiger partial charge < -0.3 is 19.1 Å². The van der Waals surface area contributed by atoms with Crippen LogP contribution in [0.4, 0.5) is 0 Å². The van der Waals surface area contributed by atoms with Gasteiger partial charge in [0, 0.05) is 16.9 Å². The molecule has 0 saturated carbocycles. The van der Waals surface area contributed by atoms with E-state index in [1.165, 1.54) is 25.5 Å². The second kappa shape index (κ2) is 13.1. The summed E-state index contributed by atoms with van der Waals surface area (Å²) in [5.74, 6) is -0.716. The number of carboxylic acids is 1. The Labute approximate surface area is 253 Å². The van der Waals surface area contributed by atoms with Gasteiger partial charge in [0.2, 0.25) is 0 Å². The molecule has 0 aliphatic rings. The fourth-order valence-electron chi connectivity index (χ4n) is 4.61. The lowest BCUT2D eigenvalue weighted by Gasteiger charge is -2.13. The van der Waals surface area contributed by atoms with Crippen LogP contribution in [0.5, 0.6) is 11.5 Å². The fraction of sp³-hybridized carbons (Fsp3) is 0.0882. The minimum Gasteiger partial charge on any atom is -0.493 e. The van der Waals surface area contributed by atoms with Crippen molar-refractivity contribution in [2.75, 3.05) is 7.11 Å². The molecule has 2 N–H and O–H groups in total. The highest BCUT2D eigenvalue weighted by atomic mass is 35.5. The molecule has 8 nitrogen and oxygen atoms in total. The number of nitrogens with zero attached hydrogens (tertiary/aromatic N) is 2. The summed E-state index contributed by atoms with van der Waals surface area (Å²) >= 11 is 6.47. The molecule has 0 spiro atoms. The van der Waals surface area contributed by atoms with Crippen molar-refractivity contribution < 1.29 is 24.2 Å². The Kier molecular flexibility index (Phi) is 8.88. The lowest BCUT2D eigenvalue weighted by molar-refractivity contribution is 0.0696. The molecule has 1 amide bonds. The number of carbonyl (C=O) groups is 2. The van der Waals surface area contributed by atoms with Crippen LogP contribution >= 0.6 is 11.6 Å². The third-order valence-corrected chi connectivity index (χ3v) is 7.00. The number of hydrogen-bond donors (Lipinski definition) is 2. The molecule has 0 bridgehead atoms. The maximum Gasteiger partial charge on any atom is 0.335 e. The lowest BCUT2D eigenvalue weighted by atomic mass is 10.1. The zero-order chi connectivity index (χ0) is 30.3. The van der Waals surface area contributed by atoms with E-state index in [1.54, 1.807) is 36.4 Å². The number of methoxy groups -OCH3 is 1. The minimum absolute atomic E-state index is 0.0942. The van der Waals surface area contributed by atoms with Gasteiger partial charge in [-0.05, 0) is 84.3 Å². The number of ether oxygens (including phenoxy) is 2. The first-order chi connectivity index (χ1) is 20.8. The molecule has 5 rings (SSSR count). The molecule has 1 heterocycles. The highest BCUT2D eigenvalue weighted by Crippen LogP contribution is 2.36. The van der Waals surface area contributed by atoms with Gasteiger partial charge in [0.15, 0.2) is 11.5 Å². The van der Waals surface area contributed by atoms with Crippen molar-refractivity contribution in [1.29, 1.82) is 0 Å². The maximum atomic E-state index is 12.8. The van der Waals surface area contributed by atoms with Crippen LogP contribution in [0.25, 0.3) is 16.9 Å². The second-order valence-electron chi connectivity index (χ2n) is 9.64. The number of aromatic carboxylic acids is 1. The summed E-state index contributed by atoms with van der Waals surface area (Å²) < 4.78 is 13.4. The number of benzene rings is 4. The van der Waals surface area contributed by atoms with Crippen LogP contribution in [-0.4, -0.2) is 34.9 Å². The smallest absolute Gasteiger partial charge is 0.335 e. The quantitative estimate of drug-likeness (QED) is 0.132. The zero-order valence-corrected chi connectivity index (χ0v) is 24.2. The van der Waals surface area contributed by atoms with Crippen molar-refractivity contribution in [2.45, 2.75) is 13.5 Å². The Bertz CT molecular complexity index is 1800. The van der Waals surface area contributed by atoms with E-state index in [1.807, 2.05) is 37.3 Å². The number of rotatable bonds is 10. The van der Waals surface area contributed by atoms with Crippen molar-refractivity contribution in [3.63, 3.8) is 0 Å². The van der Waals surface area contributed by atoms with E-state index in [0.29, 0.717) is 28.2 Å². The van der Waals surface area contributed by atoms with E-state index in [4.69, 9.17) is 21.1 Å². The predicted octanol–water partition coefficient (Wildman–Crippen LogP) is 7.16. The van der Waals surface area contributed by atoms with Crippen LogP contribution in [-0.2, 0) is 6.61 Å². The third kappa shape index (κ3) is 6.77. The van der Waals surface area contributed by atoms with Gasteiger partial charge in [-0.1, -0.05) is 54.1 Å². The van der Waals surface area contributed by atoms with Crippen molar-refractivity contribution >= 4 is 29.7 Å². The SMILES string of the molecule is COc1cc(/C=N/NC(=O)c2ccc(-n3c(C)ccc3-c3ccccc3)cc2)cc(Cl)c1OCc1cccc(C(=O)O)c1. The molecule has 1 aromatic heterocycles. The fourth-order valence-corrected chi connectivity index (χ4v) is 4.89. The standard InChI is InChI=1S/C34H28ClN3O5/c1-22-11-16-30(25-8-4-3-5-9-25)38(22)28-14-12-26(13-15-28)33(39)37-36-20-24-18-29(35)32(31(19-24)42-2)43-21-23-7-6-10-27(17-23)34(40)41/h3-20H,21H2,1-2H3,(H,37,39)(H,40,41)/b36-20+. The van der Waals surface area contributed by atoms with Gasteiger partial charge in [0.05, 0.1) is 29.6 Å². The second-order valence-corrected chi connectivity index (χ2v) is 10.0. The van der Waals surface area contributed by atoms with E-state index < -0.39 is 5.97 Å². The average Bonchev–Trinajstić information content (AvgIpc) is 3.42. The van der Waals surface area contributed by atoms with E-state index >= 15 is 0 Å². The molecule has 0 saturated heterocycles. The maximum absolute atomic E-state index is 12.8. The van der Waals surface area contributed by atoms with Gasteiger partial charge in [0.1, 0.15) is 6.61 Å². The summed E-state index contributed by atoms with van der Waals surface area (Å²) in [6, 6.07) is 31.3. The molecule has 0 aliphatic heterocycles. The van der Waals surface area contributed by atoms with Crippen LogP contribution in [0.3, 0.4) is 0 Å². The highest BCUT2D eigenvalue weighted by molar-refractivity contribution is 6.32. The molecule has 0 unspecified atom stereocenters. The minimum atomic E-state index is -1.02. The summed E-state index contributed by atoms with van der Waals surface area (Å²) in [7, 11) is 1.48. The van der Waals surface area contributed by atoms with Crippen molar-refractivity contribution in [2.24, 2.45) is 5.10 Å². The molecule has 0 atom stereocenters. The zero-order valence-electron chi connectivity index (χ0n) is 23.5. The summed E-state index contributed by atoms with van der Waals surface area (Å²) in [5, 5.41) is 13.6. The Balaban J connectivity index is 1.25. The van der Waals surface area contributed by atoms with Crippen molar-refractivity contribution in [3.8, 4) is 28.4 Å². The Morgan fingerprint density at radius 1 is 0.930 bits per heavy atom. The number of aryl methyl sites for hydroxylation is 1. The number of aromatic nitrogens is 1. The number of carbonyl (C=O) groups excluding carboxylic acids is 1. The molecule has 5 aromatic rings. The molecular weight excluding hydrogens is 566 g/mol. The Hall–Kier alpha value is -5.34. The molecule has 0 aliphatic carbocycles. The Morgan fingerprint density at radius 3 is 2.42 bits per heavy atom. The first kappa shape index (κ1) is 29.2. The van der Waals surface area contributed by atoms with Crippen LogP contribution < -0.4 is 14.9 Å². The highest BCUT2D eigenvalue weighted by Gasteiger charge is 2.14. The first-order valence-corrected chi connectivity index (χ1v) is 13.7. The molecule has 0 fully saturated rings. The van der Waals surface area contributed by atoms with Gasteiger partial charge in [-0.25, -0.2) is 10.2 Å². The van der Waals surface area contributed by atoms with Gasteiger partial charge in [0.25, 0.3) is 5.91 Å². The lowest BCUT2D eigenvalue weighted by Crippen LogP contribution is -2.17. The molecular formula is C34H28ClN3O5. The van der Waals surface area contributed by atoms with Crippen molar-refractivity contribution in [3.05, 3.63) is 136 Å².